The van der Waals surface area contributed by atoms with Crippen LogP contribution in [0.5, 0.6) is 5.75 Å². The summed E-state index contributed by atoms with van der Waals surface area (Å²) in [6, 6.07) is 9.31. The van der Waals surface area contributed by atoms with Crippen LogP contribution in [0.2, 0.25) is 0 Å². The van der Waals surface area contributed by atoms with Gasteiger partial charge in [0.1, 0.15) is 5.75 Å². The molecule has 1 aliphatic rings. The van der Waals surface area contributed by atoms with Gasteiger partial charge in [-0.1, -0.05) is 25.1 Å². The number of hydrogen-bond acceptors (Lipinski definition) is 3. The van der Waals surface area contributed by atoms with Crippen molar-refractivity contribution in [1.82, 2.24) is 5.32 Å². The normalized spacial score (nSPS) is 15.0. The third kappa shape index (κ3) is 2.99. The first-order chi connectivity index (χ1) is 10.3. The summed E-state index contributed by atoms with van der Waals surface area (Å²) in [7, 11) is 1.76. The fourth-order valence-corrected chi connectivity index (χ4v) is 4.07. The lowest BCUT2D eigenvalue weighted by atomic mass is 9.99. The highest BCUT2D eigenvalue weighted by molar-refractivity contribution is 7.10. The molecule has 0 radical (unpaired) electrons. The Balaban J connectivity index is 1.95. The molecule has 1 unspecified atom stereocenters. The molecule has 1 aromatic carbocycles. The average Bonchev–Trinajstić information content (AvgIpc) is 3.15. The van der Waals surface area contributed by atoms with E-state index in [0.29, 0.717) is 0 Å². The summed E-state index contributed by atoms with van der Waals surface area (Å²) >= 11 is 1.77. The van der Waals surface area contributed by atoms with Crippen molar-refractivity contribution in [2.24, 2.45) is 0 Å². The van der Waals surface area contributed by atoms with E-state index in [0.717, 1.165) is 18.7 Å². The summed E-state index contributed by atoms with van der Waals surface area (Å²) in [5.41, 5.74) is 4.43. The molecule has 0 aliphatic heterocycles. The largest absolute Gasteiger partial charge is 0.496 e. The van der Waals surface area contributed by atoms with E-state index in [1.54, 1.807) is 18.4 Å². The maximum atomic E-state index is 5.53. The molecule has 1 aromatic heterocycles. The molecule has 1 heterocycles. The van der Waals surface area contributed by atoms with Crippen molar-refractivity contribution < 1.29 is 4.74 Å². The Kier molecular flexibility index (Phi) is 4.61. The third-order valence-corrected chi connectivity index (χ3v) is 5.16. The van der Waals surface area contributed by atoms with Crippen molar-refractivity contribution in [3.8, 4) is 5.75 Å². The Morgan fingerprint density at radius 1 is 1.24 bits per heavy atom. The number of thiophene rings is 1. The summed E-state index contributed by atoms with van der Waals surface area (Å²) in [6.45, 7) is 3.22. The number of hydrogen-bond donors (Lipinski definition) is 1. The number of ether oxygens (including phenoxy) is 1. The van der Waals surface area contributed by atoms with Gasteiger partial charge in [-0.05, 0) is 60.4 Å². The van der Waals surface area contributed by atoms with Gasteiger partial charge < -0.3 is 10.1 Å². The molecule has 2 aromatic rings. The molecule has 0 saturated heterocycles. The molecule has 3 rings (SSSR count). The number of fused-ring (bicyclic) bond motifs is 1. The van der Waals surface area contributed by atoms with Crippen LogP contribution < -0.4 is 10.1 Å². The van der Waals surface area contributed by atoms with Gasteiger partial charge in [0.15, 0.2) is 0 Å². The topological polar surface area (TPSA) is 21.3 Å². The zero-order valence-corrected chi connectivity index (χ0v) is 13.6. The molecule has 0 fully saturated rings. The smallest absolute Gasteiger partial charge is 0.134 e. The minimum absolute atomic E-state index is 0.241. The lowest BCUT2D eigenvalue weighted by molar-refractivity contribution is 0.407. The fraction of sp³-hybridized carbons (Fsp3) is 0.444. The Hall–Kier alpha value is -1.32. The van der Waals surface area contributed by atoms with Crippen LogP contribution >= 0.6 is 11.3 Å². The highest BCUT2D eigenvalue weighted by atomic mass is 32.1. The third-order valence-electron chi connectivity index (χ3n) is 4.19. The molecule has 0 saturated carbocycles. The van der Waals surface area contributed by atoms with Gasteiger partial charge in [-0.25, -0.2) is 0 Å². The molecule has 0 amide bonds. The van der Waals surface area contributed by atoms with Gasteiger partial charge in [-0.3, -0.25) is 0 Å². The summed E-state index contributed by atoms with van der Waals surface area (Å²) in [5.74, 6) is 0.995. The molecule has 1 atom stereocenters. The van der Waals surface area contributed by atoms with Crippen molar-refractivity contribution in [2.75, 3.05) is 13.7 Å². The van der Waals surface area contributed by atoms with Crippen molar-refractivity contribution in [1.29, 1.82) is 0 Å². The van der Waals surface area contributed by atoms with Crippen LogP contribution in [-0.4, -0.2) is 13.7 Å². The summed E-state index contributed by atoms with van der Waals surface area (Å²) in [4.78, 5) is 1.28. The number of rotatable bonds is 6. The van der Waals surface area contributed by atoms with E-state index in [1.807, 2.05) is 0 Å². The number of nitrogens with one attached hydrogen (secondary N) is 1. The second-order valence-corrected chi connectivity index (χ2v) is 6.57. The van der Waals surface area contributed by atoms with Crippen molar-refractivity contribution in [3.63, 3.8) is 0 Å². The molecular weight excluding hydrogens is 278 g/mol. The van der Waals surface area contributed by atoms with Crippen molar-refractivity contribution in [2.45, 2.75) is 38.6 Å². The molecule has 0 spiro atoms. The van der Waals surface area contributed by atoms with E-state index in [1.165, 1.54) is 40.8 Å². The van der Waals surface area contributed by atoms with Crippen molar-refractivity contribution >= 4 is 11.3 Å². The summed E-state index contributed by atoms with van der Waals surface area (Å²) in [5, 5.41) is 5.80. The predicted molar refractivity (Wildman–Crippen MR) is 89.5 cm³/mol. The van der Waals surface area contributed by atoms with Gasteiger partial charge in [0, 0.05) is 0 Å². The van der Waals surface area contributed by atoms with E-state index in [-0.39, 0.29) is 6.04 Å². The van der Waals surface area contributed by atoms with Crippen LogP contribution in [0.1, 0.15) is 47.4 Å². The average molecular weight is 301 g/mol. The van der Waals surface area contributed by atoms with Gasteiger partial charge in [0.05, 0.1) is 18.0 Å². The molecule has 0 bridgehead atoms. The minimum Gasteiger partial charge on any atom is -0.496 e. The van der Waals surface area contributed by atoms with Crippen LogP contribution in [0.4, 0.5) is 0 Å². The maximum absolute atomic E-state index is 5.53. The van der Waals surface area contributed by atoms with Gasteiger partial charge in [0.25, 0.3) is 0 Å². The second kappa shape index (κ2) is 6.63. The first-order valence-corrected chi connectivity index (χ1v) is 8.68. The maximum Gasteiger partial charge on any atom is 0.134 e. The molecule has 2 nitrogen and oxygen atoms in total. The number of methoxy groups -OCH3 is 1. The molecular formula is C18H23NOS. The van der Waals surface area contributed by atoms with Gasteiger partial charge in [-0.15, -0.1) is 11.3 Å². The lowest BCUT2D eigenvalue weighted by Gasteiger charge is -2.20. The second-order valence-electron chi connectivity index (χ2n) is 5.62. The predicted octanol–water partition coefficient (Wildman–Crippen LogP) is 4.33. The Bertz CT molecular complexity index is 605. The summed E-state index contributed by atoms with van der Waals surface area (Å²) < 4.78 is 5.53. The first kappa shape index (κ1) is 14.6. The molecule has 112 valence electrons. The van der Waals surface area contributed by atoms with Crippen LogP contribution in [0.15, 0.2) is 29.6 Å². The zero-order valence-electron chi connectivity index (χ0n) is 12.8. The van der Waals surface area contributed by atoms with Crippen LogP contribution in [0, 0.1) is 0 Å². The molecule has 1 N–H and O–H groups in total. The zero-order chi connectivity index (χ0) is 14.7. The minimum atomic E-state index is 0.241. The highest BCUT2D eigenvalue weighted by Gasteiger charge is 2.21. The quantitative estimate of drug-likeness (QED) is 0.857. The fourth-order valence-electron chi connectivity index (χ4n) is 3.11. The van der Waals surface area contributed by atoms with Crippen LogP contribution in [0.25, 0.3) is 0 Å². The van der Waals surface area contributed by atoms with Gasteiger partial charge >= 0.3 is 0 Å². The monoisotopic (exact) mass is 301 g/mol. The van der Waals surface area contributed by atoms with E-state index < -0.39 is 0 Å². The summed E-state index contributed by atoms with van der Waals surface area (Å²) in [6.07, 6.45) is 4.90. The first-order valence-electron chi connectivity index (χ1n) is 7.80. The van der Waals surface area contributed by atoms with Gasteiger partial charge in [0.2, 0.25) is 0 Å². The molecule has 3 heteroatoms. The van der Waals surface area contributed by atoms with Gasteiger partial charge in [-0.2, -0.15) is 0 Å². The van der Waals surface area contributed by atoms with E-state index >= 15 is 0 Å². The standard InChI is InChI=1S/C18H23NOS/c1-3-10-19-17(18-16(20-2)9-11-21-18)15-8-7-13-5-4-6-14(13)12-15/h7-9,11-12,17,19H,3-6,10H2,1-2H3. The molecule has 21 heavy (non-hydrogen) atoms. The van der Waals surface area contributed by atoms with E-state index in [2.05, 4.69) is 41.9 Å². The Labute approximate surface area is 131 Å². The Morgan fingerprint density at radius 3 is 2.90 bits per heavy atom. The number of aryl methyl sites for hydroxylation is 2. The van der Waals surface area contributed by atoms with E-state index in [4.69, 9.17) is 4.74 Å². The highest BCUT2D eigenvalue weighted by Crippen LogP contribution is 2.36. The van der Waals surface area contributed by atoms with Crippen LogP contribution in [0.3, 0.4) is 0 Å². The SMILES string of the molecule is CCCNC(c1ccc2c(c1)CCC2)c1sccc1OC. The number of benzene rings is 1. The van der Waals surface area contributed by atoms with E-state index in [9.17, 15) is 0 Å². The van der Waals surface area contributed by atoms with Crippen LogP contribution in [-0.2, 0) is 12.8 Å². The lowest BCUT2D eigenvalue weighted by Crippen LogP contribution is -2.23. The van der Waals surface area contributed by atoms with Crippen molar-refractivity contribution in [3.05, 3.63) is 51.2 Å². The Morgan fingerprint density at radius 2 is 2.10 bits per heavy atom. The molecule has 1 aliphatic carbocycles.